The predicted octanol–water partition coefficient (Wildman–Crippen LogP) is 2.58. The molecule has 150 valence electrons. The highest BCUT2D eigenvalue weighted by Gasteiger charge is 2.29. The Balaban J connectivity index is 1.27. The Bertz CT molecular complexity index is 782. The second-order valence-corrected chi connectivity index (χ2v) is 8.85. The van der Waals surface area contributed by atoms with Crippen LogP contribution in [0.15, 0.2) is 23.5 Å². The molecule has 9 heteroatoms. The zero-order valence-corrected chi connectivity index (χ0v) is 17.1. The molecule has 1 atom stereocenters. The number of hydrogen-bond acceptors (Lipinski definition) is 7. The first-order chi connectivity index (χ1) is 13.7. The van der Waals surface area contributed by atoms with Crippen molar-refractivity contribution in [2.75, 3.05) is 18.0 Å². The largest absolute Gasteiger partial charge is 0.357 e. The number of tetrazole rings is 1. The first kappa shape index (κ1) is 19.2. The van der Waals surface area contributed by atoms with Crippen molar-refractivity contribution in [3.05, 3.63) is 23.9 Å². The smallest absolute Gasteiger partial charge is 0.233 e. The topological polar surface area (TPSA) is 88.8 Å². The Morgan fingerprint density at radius 3 is 2.71 bits per heavy atom. The van der Waals surface area contributed by atoms with Crippen molar-refractivity contribution in [2.24, 2.45) is 0 Å². The Morgan fingerprint density at radius 2 is 2.04 bits per heavy atom. The van der Waals surface area contributed by atoms with Gasteiger partial charge in [0.1, 0.15) is 5.82 Å². The molecule has 0 radical (unpaired) electrons. The maximum atomic E-state index is 12.5. The molecule has 4 rings (SSSR count). The van der Waals surface area contributed by atoms with E-state index >= 15 is 0 Å². The third kappa shape index (κ3) is 4.81. The lowest BCUT2D eigenvalue weighted by Crippen LogP contribution is -2.30. The molecule has 0 bridgehead atoms. The van der Waals surface area contributed by atoms with Crippen molar-refractivity contribution in [3.63, 3.8) is 0 Å². The molecule has 0 aromatic carbocycles. The van der Waals surface area contributed by atoms with Crippen LogP contribution < -0.4 is 10.2 Å². The minimum atomic E-state index is -0.257. The Morgan fingerprint density at radius 1 is 1.25 bits per heavy atom. The second-order valence-electron chi connectivity index (χ2n) is 7.54. The van der Waals surface area contributed by atoms with Gasteiger partial charge in [-0.25, -0.2) is 9.67 Å². The van der Waals surface area contributed by atoms with Gasteiger partial charge in [0.05, 0.1) is 11.3 Å². The summed E-state index contributed by atoms with van der Waals surface area (Å²) >= 11 is 1.40. The van der Waals surface area contributed by atoms with Crippen LogP contribution in [0.25, 0.3) is 0 Å². The fourth-order valence-electron chi connectivity index (χ4n) is 3.36. The van der Waals surface area contributed by atoms with Gasteiger partial charge < -0.3 is 10.2 Å². The second kappa shape index (κ2) is 8.89. The molecule has 1 amide bonds. The predicted molar refractivity (Wildman–Crippen MR) is 108 cm³/mol. The summed E-state index contributed by atoms with van der Waals surface area (Å²) in [5, 5.41) is 15.3. The number of thioether (sulfide) groups is 1. The molecule has 1 unspecified atom stereocenters. The zero-order valence-electron chi connectivity index (χ0n) is 16.3. The number of rotatable bonds is 7. The third-order valence-corrected chi connectivity index (χ3v) is 6.26. The fraction of sp³-hybridized carbons (Fsp3) is 0.632. The maximum absolute atomic E-state index is 12.5. The van der Waals surface area contributed by atoms with E-state index in [4.69, 9.17) is 0 Å². The van der Waals surface area contributed by atoms with Gasteiger partial charge in [-0.15, -0.1) is 5.10 Å². The Labute approximate surface area is 169 Å². The van der Waals surface area contributed by atoms with Crippen LogP contribution in [0.3, 0.4) is 0 Å². The number of nitrogens with one attached hydrogen (secondary N) is 1. The van der Waals surface area contributed by atoms with E-state index in [1.54, 1.807) is 0 Å². The van der Waals surface area contributed by atoms with Gasteiger partial charge in [0.25, 0.3) is 0 Å². The number of anilines is 1. The molecule has 0 spiro atoms. The summed E-state index contributed by atoms with van der Waals surface area (Å²) in [5.41, 5.74) is 1.01. The van der Waals surface area contributed by atoms with Crippen LogP contribution >= 0.6 is 11.8 Å². The van der Waals surface area contributed by atoms with E-state index in [1.165, 1.54) is 37.4 Å². The van der Waals surface area contributed by atoms with Crippen LogP contribution in [-0.4, -0.2) is 49.4 Å². The van der Waals surface area contributed by atoms with Crippen molar-refractivity contribution in [2.45, 2.75) is 68.4 Å². The van der Waals surface area contributed by atoms with E-state index in [0.717, 1.165) is 37.3 Å². The van der Waals surface area contributed by atoms with Crippen molar-refractivity contribution < 1.29 is 4.79 Å². The summed E-state index contributed by atoms with van der Waals surface area (Å²) in [6.07, 6.45) is 9.18. The highest BCUT2D eigenvalue weighted by molar-refractivity contribution is 8.00. The minimum absolute atomic E-state index is 0.0214. The Hall–Kier alpha value is -2.16. The molecule has 1 N–H and O–H groups in total. The standard InChI is InChI=1S/C19H27N7OS/c1-14(28-19-22-23-24-26(19)16-7-8-16)18(27)21-13-15-6-9-17(20-12-15)25-10-4-2-3-5-11-25/h6,9,12,14,16H,2-5,7-8,10-11,13H2,1H3,(H,21,27). The number of aromatic nitrogens is 5. The summed E-state index contributed by atoms with van der Waals surface area (Å²) < 4.78 is 1.83. The summed E-state index contributed by atoms with van der Waals surface area (Å²) in [5.74, 6) is 1.01. The molecule has 1 aliphatic carbocycles. The van der Waals surface area contributed by atoms with Crippen LogP contribution in [0.2, 0.25) is 0 Å². The van der Waals surface area contributed by atoms with Crippen molar-refractivity contribution in [1.29, 1.82) is 0 Å². The summed E-state index contributed by atoms with van der Waals surface area (Å²) in [4.78, 5) is 19.4. The molecule has 1 aliphatic heterocycles. The molecule has 2 aromatic heterocycles. The molecule has 2 aliphatic rings. The SMILES string of the molecule is CC(Sc1nnnn1C1CC1)C(=O)NCc1ccc(N2CCCCCC2)nc1. The zero-order chi connectivity index (χ0) is 19.3. The van der Waals surface area contributed by atoms with Gasteiger partial charge in [-0.05, 0) is 54.7 Å². The lowest BCUT2D eigenvalue weighted by atomic mass is 10.2. The van der Waals surface area contributed by atoms with Crippen molar-refractivity contribution in [1.82, 2.24) is 30.5 Å². The summed E-state index contributed by atoms with van der Waals surface area (Å²) in [7, 11) is 0. The first-order valence-electron chi connectivity index (χ1n) is 10.1. The maximum Gasteiger partial charge on any atom is 0.233 e. The van der Waals surface area contributed by atoms with E-state index in [9.17, 15) is 4.79 Å². The van der Waals surface area contributed by atoms with Gasteiger partial charge in [-0.3, -0.25) is 4.79 Å². The lowest BCUT2D eigenvalue weighted by molar-refractivity contribution is -0.120. The Kier molecular flexibility index (Phi) is 6.09. The van der Waals surface area contributed by atoms with Crippen LogP contribution in [0.4, 0.5) is 5.82 Å². The third-order valence-electron chi connectivity index (χ3n) is 5.21. The fourth-order valence-corrected chi connectivity index (χ4v) is 4.25. The van der Waals surface area contributed by atoms with E-state index in [0.29, 0.717) is 17.7 Å². The molecular formula is C19H27N7OS. The molecule has 2 aromatic rings. The van der Waals surface area contributed by atoms with Crippen LogP contribution in [0.1, 0.15) is 57.1 Å². The molecule has 8 nitrogen and oxygen atoms in total. The van der Waals surface area contributed by atoms with Crippen molar-refractivity contribution in [3.8, 4) is 0 Å². The average Bonchev–Trinajstić information content (AvgIpc) is 3.51. The highest BCUT2D eigenvalue weighted by Crippen LogP contribution is 2.37. The van der Waals surface area contributed by atoms with Gasteiger partial charge >= 0.3 is 0 Å². The first-order valence-corrected chi connectivity index (χ1v) is 11.0. The quantitative estimate of drug-likeness (QED) is 0.713. The molecule has 2 fully saturated rings. The van der Waals surface area contributed by atoms with Crippen LogP contribution in [0.5, 0.6) is 0 Å². The highest BCUT2D eigenvalue weighted by atomic mass is 32.2. The molecule has 1 saturated carbocycles. The summed E-state index contributed by atoms with van der Waals surface area (Å²) in [6.45, 7) is 4.52. The molecule has 1 saturated heterocycles. The van der Waals surface area contributed by atoms with E-state index in [2.05, 4.69) is 42.9 Å². The number of hydrogen-bond donors (Lipinski definition) is 1. The molecule has 28 heavy (non-hydrogen) atoms. The summed E-state index contributed by atoms with van der Waals surface area (Å²) in [6, 6.07) is 4.52. The normalized spacial score (nSPS) is 18.5. The minimum Gasteiger partial charge on any atom is -0.357 e. The van der Waals surface area contributed by atoms with Gasteiger partial charge in [0.2, 0.25) is 11.1 Å². The van der Waals surface area contributed by atoms with Crippen LogP contribution in [-0.2, 0) is 11.3 Å². The van der Waals surface area contributed by atoms with E-state index < -0.39 is 0 Å². The van der Waals surface area contributed by atoms with Gasteiger partial charge in [-0.2, -0.15) is 0 Å². The van der Waals surface area contributed by atoms with Gasteiger partial charge in [-0.1, -0.05) is 30.7 Å². The average molecular weight is 402 g/mol. The number of pyridine rings is 1. The monoisotopic (exact) mass is 401 g/mol. The van der Waals surface area contributed by atoms with Gasteiger partial charge in [0, 0.05) is 25.8 Å². The van der Waals surface area contributed by atoms with Crippen molar-refractivity contribution >= 4 is 23.5 Å². The molecule has 3 heterocycles. The number of nitrogens with zero attached hydrogens (tertiary/aromatic N) is 6. The molecular weight excluding hydrogens is 374 g/mol. The van der Waals surface area contributed by atoms with E-state index in [1.807, 2.05) is 17.8 Å². The number of carbonyl (C=O) groups excluding carboxylic acids is 1. The van der Waals surface area contributed by atoms with Crippen LogP contribution in [0, 0.1) is 0 Å². The van der Waals surface area contributed by atoms with Gasteiger partial charge in [0.15, 0.2) is 0 Å². The number of amides is 1. The van der Waals surface area contributed by atoms with E-state index in [-0.39, 0.29) is 11.2 Å². The number of carbonyl (C=O) groups is 1. The lowest BCUT2D eigenvalue weighted by Gasteiger charge is -2.21.